The van der Waals surface area contributed by atoms with E-state index in [0.717, 1.165) is 12.8 Å². The first-order valence-electron chi connectivity index (χ1n) is 3.54. The standard InChI is InChI=1S/C7H10N2/c8-4-5-1-6-3-7(2-5)9-6/h5-7,9H,1-3H2. The molecule has 3 aliphatic rings. The molecular formula is C7H10N2. The van der Waals surface area contributed by atoms with E-state index in [1.54, 1.807) is 0 Å². The molecule has 0 aromatic heterocycles. The van der Waals surface area contributed by atoms with Gasteiger partial charge in [0, 0.05) is 18.0 Å². The van der Waals surface area contributed by atoms with Crippen LogP contribution in [0, 0.1) is 17.2 Å². The second-order valence-electron chi connectivity index (χ2n) is 3.09. The Bertz CT molecular complexity index is 143. The zero-order chi connectivity index (χ0) is 6.27. The number of nitrogens with one attached hydrogen (secondary N) is 1. The maximum atomic E-state index is 8.55. The lowest BCUT2D eigenvalue weighted by atomic mass is 9.76. The lowest BCUT2D eigenvalue weighted by Crippen LogP contribution is -2.57. The summed E-state index contributed by atoms with van der Waals surface area (Å²) in [6.45, 7) is 0. The summed E-state index contributed by atoms with van der Waals surface area (Å²) in [7, 11) is 0. The normalized spacial score (nSPS) is 47.2. The van der Waals surface area contributed by atoms with Crippen LogP contribution in [0.4, 0.5) is 0 Å². The molecule has 0 spiro atoms. The van der Waals surface area contributed by atoms with Gasteiger partial charge in [-0.25, -0.2) is 0 Å². The van der Waals surface area contributed by atoms with Crippen LogP contribution in [-0.4, -0.2) is 12.1 Å². The van der Waals surface area contributed by atoms with Gasteiger partial charge in [0.15, 0.2) is 0 Å². The molecule has 2 bridgehead atoms. The number of rotatable bonds is 0. The fraction of sp³-hybridized carbons (Fsp3) is 0.857. The molecule has 9 heavy (non-hydrogen) atoms. The van der Waals surface area contributed by atoms with E-state index in [9.17, 15) is 0 Å². The largest absolute Gasteiger partial charge is 0.311 e. The van der Waals surface area contributed by atoms with Crippen molar-refractivity contribution in [3.8, 4) is 6.07 Å². The highest BCUT2D eigenvalue weighted by Crippen LogP contribution is 2.31. The molecule has 1 saturated carbocycles. The molecule has 1 N–H and O–H groups in total. The van der Waals surface area contributed by atoms with Gasteiger partial charge in [-0.15, -0.1) is 0 Å². The van der Waals surface area contributed by atoms with Gasteiger partial charge in [-0.2, -0.15) is 5.26 Å². The van der Waals surface area contributed by atoms with Gasteiger partial charge in [-0.1, -0.05) is 0 Å². The van der Waals surface area contributed by atoms with Crippen LogP contribution in [0.25, 0.3) is 0 Å². The van der Waals surface area contributed by atoms with Gasteiger partial charge in [0.05, 0.1) is 6.07 Å². The predicted octanol–water partition coefficient (Wildman–Crippen LogP) is 0.650. The molecule has 2 heteroatoms. The van der Waals surface area contributed by atoms with Crippen LogP contribution < -0.4 is 5.32 Å². The molecule has 2 heterocycles. The van der Waals surface area contributed by atoms with Gasteiger partial charge < -0.3 is 5.32 Å². The van der Waals surface area contributed by atoms with Crippen molar-refractivity contribution in [3.05, 3.63) is 0 Å². The summed E-state index contributed by atoms with van der Waals surface area (Å²) < 4.78 is 0. The van der Waals surface area contributed by atoms with Crippen molar-refractivity contribution in [3.63, 3.8) is 0 Å². The van der Waals surface area contributed by atoms with E-state index in [1.165, 1.54) is 6.42 Å². The van der Waals surface area contributed by atoms with Gasteiger partial charge in [0.1, 0.15) is 0 Å². The van der Waals surface area contributed by atoms with E-state index < -0.39 is 0 Å². The molecule has 1 aliphatic carbocycles. The van der Waals surface area contributed by atoms with Crippen molar-refractivity contribution in [2.45, 2.75) is 31.3 Å². The first-order valence-corrected chi connectivity index (χ1v) is 3.54. The Morgan fingerprint density at radius 3 is 2.11 bits per heavy atom. The Morgan fingerprint density at radius 1 is 1.22 bits per heavy atom. The minimum atomic E-state index is 0.356. The smallest absolute Gasteiger partial charge is 0.0657 e. The Hall–Kier alpha value is -0.550. The zero-order valence-corrected chi connectivity index (χ0v) is 5.30. The molecule has 2 saturated heterocycles. The molecule has 2 atom stereocenters. The molecule has 3 fully saturated rings. The van der Waals surface area contributed by atoms with Crippen molar-refractivity contribution in [1.29, 1.82) is 5.26 Å². The van der Waals surface area contributed by atoms with Gasteiger partial charge in [0.2, 0.25) is 0 Å². The molecule has 0 aromatic rings. The van der Waals surface area contributed by atoms with Crippen LogP contribution in [0.1, 0.15) is 19.3 Å². The third kappa shape index (κ3) is 0.727. The van der Waals surface area contributed by atoms with E-state index in [-0.39, 0.29) is 0 Å². The van der Waals surface area contributed by atoms with E-state index in [4.69, 9.17) is 5.26 Å². The number of nitriles is 1. The van der Waals surface area contributed by atoms with Crippen molar-refractivity contribution in [1.82, 2.24) is 5.32 Å². The first kappa shape index (κ1) is 5.25. The molecule has 2 aliphatic heterocycles. The Morgan fingerprint density at radius 2 is 1.78 bits per heavy atom. The first-order chi connectivity index (χ1) is 4.38. The minimum Gasteiger partial charge on any atom is -0.311 e. The zero-order valence-electron chi connectivity index (χ0n) is 5.30. The van der Waals surface area contributed by atoms with Gasteiger partial charge in [-0.3, -0.25) is 0 Å². The van der Waals surface area contributed by atoms with E-state index >= 15 is 0 Å². The lowest BCUT2D eigenvalue weighted by Gasteiger charge is -2.44. The Balaban J connectivity index is 1.98. The SMILES string of the molecule is N#CC1CC2CC(C1)N2. The molecule has 0 amide bonds. The molecule has 0 radical (unpaired) electrons. The Labute approximate surface area is 54.9 Å². The molecule has 2 unspecified atom stereocenters. The minimum absolute atomic E-state index is 0.356. The molecule has 48 valence electrons. The summed E-state index contributed by atoms with van der Waals surface area (Å²) in [5.74, 6) is 0.356. The second kappa shape index (κ2) is 1.71. The topological polar surface area (TPSA) is 35.8 Å². The van der Waals surface area contributed by atoms with Crippen LogP contribution in [0.2, 0.25) is 0 Å². The summed E-state index contributed by atoms with van der Waals surface area (Å²) in [4.78, 5) is 0. The average molecular weight is 122 g/mol. The molecule has 0 aromatic carbocycles. The monoisotopic (exact) mass is 122 g/mol. The average Bonchev–Trinajstić information content (AvgIpc) is 1.87. The van der Waals surface area contributed by atoms with Gasteiger partial charge in [-0.05, 0) is 19.3 Å². The van der Waals surface area contributed by atoms with E-state index in [2.05, 4.69) is 11.4 Å². The molecular weight excluding hydrogens is 112 g/mol. The van der Waals surface area contributed by atoms with Crippen LogP contribution in [-0.2, 0) is 0 Å². The highest BCUT2D eigenvalue weighted by molar-refractivity contribution is 5.02. The molecule has 2 nitrogen and oxygen atoms in total. The number of hydrogen-bond donors (Lipinski definition) is 1. The fourth-order valence-electron chi connectivity index (χ4n) is 1.87. The number of hydrogen-bond acceptors (Lipinski definition) is 2. The van der Waals surface area contributed by atoms with E-state index in [1.807, 2.05) is 0 Å². The number of piperidine rings is 1. The van der Waals surface area contributed by atoms with E-state index in [0.29, 0.717) is 18.0 Å². The third-order valence-corrected chi connectivity index (χ3v) is 2.36. The highest BCUT2D eigenvalue weighted by atomic mass is 15.0. The van der Waals surface area contributed by atoms with Gasteiger partial charge >= 0.3 is 0 Å². The molecule has 3 rings (SSSR count). The summed E-state index contributed by atoms with van der Waals surface area (Å²) in [6, 6.07) is 3.70. The summed E-state index contributed by atoms with van der Waals surface area (Å²) >= 11 is 0. The third-order valence-electron chi connectivity index (χ3n) is 2.36. The number of fused-ring (bicyclic) bond motifs is 2. The quantitative estimate of drug-likeness (QED) is 0.512. The second-order valence-corrected chi connectivity index (χ2v) is 3.09. The van der Waals surface area contributed by atoms with Crippen LogP contribution in [0.15, 0.2) is 0 Å². The maximum absolute atomic E-state index is 8.55. The predicted molar refractivity (Wildman–Crippen MR) is 33.7 cm³/mol. The fourth-order valence-corrected chi connectivity index (χ4v) is 1.87. The summed E-state index contributed by atoms with van der Waals surface area (Å²) in [5.41, 5.74) is 0. The maximum Gasteiger partial charge on any atom is 0.0657 e. The lowest BCUT2D eigenvalue weighted by molar-refractivity contribution is 0.153. The van der Waals surface area contributed by atoms with Crippen molar-refractivity contribution < 1.29 is 0 Å². The van der Waals surface area contributed by atoms with Crippen molar-refractivity contribution in [2.24, 2.45) is 5.92 Å². The Kier molecular flexibility index (Phi) is 1.000. The summed E-state index contributed by atoms with van der Waals surface area (Å²) in [5, 5.41) is 11.9. The van der Waals surface area contributed by atoms with Crippen LogP contribution in [0.5, 0.6) is 0 Å². The van der Waals surface area contributed by atoms with Crippen molar-refractivity contribution >= 4 is 0 Å². The highest BCUT2D eigenvalue weighted by Gasteiger charge is 2.37. The number of nitrogens with zero attached hydrogens (tertiary/aromatic N) is 1. The van der Waals surface area contributed by atoms with Crippen molar-refractivity contribution in [2.75, 3.05) is 0 Å². The van der Waals surface area contributed by atoms with Crippen LogP contribution >= 0.6 is 0 Å². The summed E-state index contributed by atoms with van der Waals surface area (Å²) in [6.07, 6.45) is 3.50. The van der Waals surface area contributed by atoms with Gasteiger partial charge in [0.25, 0.3) is 0 Å². The van der Waals surface area contributed by atoms with Crippen LogP contribution in [0.3, 0.4) is 0 Å².